The first-order valence-corrected chi connectivity index (χ1v) is 10.5. The predicted octanol–water partition coefficient (Wildman–Crippen LogP) is 3.50. The number of furan rings is 2. The zero-order valence-electron chi connectivity index (χ0n) is 17.7. The van der Waals surface area contributed by atoms with Gasteiger partial charge in [0.05, 0.1) is 18.4 Å². The molecule has 2 aliphatic rings. The Morgan fingerprint density at radius 3 is 2.63 bits per heavy atom. The molecular formula is C23H28N2O5. The molecule has 7 nitrogen and oxygen atoms in total. The molecular weight excluding hydrogens is 384 g/mol. The summed E-state index contributed by atoms with van der Waals surface area (Å²) in [5, 5.41) is 2.89. The predicted molar refractivity (Wildman–Crippen MR) is 109 cm³/mol. The summed E-state index contributed by atoms with van der Waals surface area (Å²) in [5.74, 6) is 1.32. The van der Waals surface area contributed by atoms with Crippen molar-refractivity contribution in [3.8, 4) is 0 Å². The Labute approximate surface area is 175 Å². The van der Waals surface area contributed by atoms with E-state index in [1.807, 2.05) is 19.9 Å². The van der Waals surface area contributed by atoms with E-state index in [9.17, 15) is 14.4 Å². The Bertz CT molecular complexity index is 962. The van der Waals surface area contributed by atoms with Crippen LogP contribution >= 0.6 is 0 Å². The van der Waals surface area contributed by atoms with E-state index in [1.165, 1.54) is 0 Å². The summed E-state index contributed by atoms with van der Waals surface area (Å²) >= 11 is 0. The number of hydrogen-bond donors (Lipinski definition) is 1. The maximum atomic E-state index is 13.1. The minimum absolute atomic E-state index is 0.0176. The van der Waals surface area contributed by atoms with Crippen molar-refractivity contribution < 1.29 is 23.2 Å². The molecule has 0 radical (unpaired) electrons. The van der Waals surface area contributed by atoms with Crippen molar-refractivity contribution in [1.82, 2.24) is 10.2 Å². The van der Waals surface area contributed by atoms with Crippen molar-refractivity contribution in [2.75, 3.05) is 13.1 Å². The van der Waals surface area contributed by atoms with E-state index in [4.69, 9.17) is 8.83 Å². The van der Waals surface area contributed by atoms with Crippen molar-refractivity contribution in [3.05, 3.63) is 46.8 Å². The molecule has 0 atom stereocenters. The van der Waals surface area contributed by atoms with Crippen LogP contribution in [0.2, 0.25) is 0 Å². The molecule has 1 aliphatic heterocycles. The fourth-order valence-corrected chi connectivity index (χ4v) is 4.51. The molecule has 7 heteroatoms. The highest BCUT2D eigenvalue weighted by Crippen LogP contribution is 2.38. The van der Waals surface area contributed by atoms with E-state index in [2.05, 4.69) is 5.32 Å². The fourth-order valence-electron chi connectivity index (χ4n) is 4.51. The number of rotatable bonds is 4. The SMILES string of the molecule is Cc1c(C(=O)N2CCC(C(=O)NCc3ccco3)CC2)oc2c1C(=O)CC(C)(C)C2. The average molecular weight is 412 g/mol. The Kier molecular flexibility index (Phi) is 5.30. The summed E-state index contributed by atoms with van der Waals surface area (Å²) in [6.45, 7) is 7.21. The molecule has 2 amide bonds. The van der Waals surface area contributed by atoms with Crippen LogP contribution in [-0.4, -0.2) is 35.6 Å². The van der Waals surface area contributed by atoms with E-state index < -0.39 is 0 Å². The second-order valence-electron chi connectivity index (χ2n) is 9.16. The largest absolute Gasteiger partial charge is 0.467 e. The molecule has 30 heavy (non-hydrogen) atoms. The van der Waals surface area contributed by atoms with Crippen LogP contribution in [0.1, 0.15) is 71.1 Å². The summed E-state index contributed by atoms with van der Waals surface area (Å²) in [4.78, 5) is 39.8. The van der Waals surface area contributed by atoms with Gasteiger partial charge in [0.15, 0.2) is 11.5 Å². The van der Waals surface area contributed by atoms with E-state index in [0.717, 1.165) is 0 Å². The first-order chi connectivity index (χ1) is 14.2. The summed E-state index contributed by atoms with van der Waals surface area (Å²) in [6, 6.07) is 3.60. The van der Waals surface area contributed by atoms with Gasteiger partial charge in [0.2, 0.25) is 5.91 Å². The molecule has 0 saturated carbocycles. The van der Waals surface area contributed by atoms with Gasteiger partial charge < -0.3 is 19.1 Å². The maximum Gasteiger partial charge on any atom is 0.289 e. The number of Topliss-reactive ketones (excluding diaryl/α,β-unsaturated/α-hetero) is 1. The van der Waals surface area contributed by atoms with Gasteiger partial charge in [0.1, 0.15) is 11.5 Å². The molecule has 0 aromatic carbocycles. The lowest BCUT2D eigenvalue weighted by Crippen LogP contribution is -2.43. The summed E-state index contributed by atoms with van der Waals surface area (Å²) in [7, 11) is 0. The van der Waals surface area contributed by atoms with Crippen molar-refractivity contribution in [1.29, 1.82) is 0 Å². The second-order valence-corrected chi connectivity index (χ2v) is 9.16. The fraction of sp³-hybridized carbons (Fsp3) is 0.522. The first-order valence-electron chi connectivity index (χ1n) is 10.5. The molecule has 1 aliphatic carbocycles. The first kappa shape index (κ1) is 20.4. The molecule has 1 fully saturated rings. The molecule has 2 aromatic rings. The van der Waals surface area contributed by atoms with Crippen LogP contribution < -0.4 is 5.32 Å². The van der Waals surface area contributed by atoms with E-state index in [1.54, 1.807) is 24.2 Å². The number of carbonyl (C=O) groups is 3. The quantitative estimate of drug-likeness (QED) is 0.830. The Balaban J connectivity index is 1.38. The topological polar surface area (TPSA) is 92.8 Å². The normalized spacial score (nSPS) is 18.9. The van der Waals surface area contributed by atoms with Crippen LogP contribution in [0.5, 0.6) is 0 Å². The van der Waals surface area contributed by atoms with Gasteiger partial charge in [-0.25, -0.2) is 0 Å². The number of piperidine rings is 1. The third kappa shape index (κ3) is 3.93. The summed E-state index contributed by atoms with van der Waals surface area (Å²) in [6.07, 6.45) is 3.89. The van der Waals surface area contributed by atoms with Crippen molar-refractivity contribution in [3.63, 3.8) is 0 Å². The lowest BCUT2D eigenvalue weighted by molar-refractivity contribution is -0.126. The van der Waals surface area contributed by atoms with Gasteiger partial charge in [0, 0.05) is 37.4 Å². The van der Waals surface area contributed by atoms with Gasteiger partial charge >= 0.3 is 0 Å². The highest BCUT2D eigenvalue weighted by Gasteiger charge is 2.38. The molecule has 0 unspecified atom stereocenters. The monoisotopic (exact) mass is 412 g/mol. The number of amides is 2. The van der Waals surface area contributed by atoms with E-state index >= 15 is 0 Å². The summed E-state index contributed by atoms with van der Waals surface area (Å²) < 4.78 is 11.1. The van der Waals surface area contributed by atoms with E-state index in [-0.39, 0.29) is 34.7 Å². The highest BCUT2D eigenvalue weighted by atomic mass is 16.4. The van der Waals surface area contributed by atoms with Gasteiger partial charge in [-0.15, -0.1) is 0 Å². The Morgan fingerprint density at radius 1 is 1.23 bits per heavy atom. The Morgan fingerprint density at radius 2 is 1.97 bits per heavy atom. The van der Waals surface area contributed by atoms with Crippen molar-refractivity contribution >= 4 is 17.6 Å². The number of nitrogens with zero attached hydrogens (tertiary/aromatic N) is 1. The van der Waals surface area contributed by atoms with E-state index in [0.29, 0.717) is 68.0 Å². The van der Waals surface area contributed by atoms with Gasteiger partial charge in [0.25, 0.3) is 5.91 Å². The van der Waals surface area contributed by atoms with Gasteiger partial charge in [-0.3, -0.25) is 14.4 Å². The van der Waals surface area contributed by atoms with Crippen LogP contribution in [0.15, 0.2) is 27.2 Å². The number of hydrogen-bond acceptors (Lipinski definition) is 5. The lowest BCUT2D eigenvalue weighted by atomic mass is 9.76. The highest BCUT2D eigenvalue weighted by molar-refractivity contribution is 6.03. The van der Waals surface area contributed by atoms with Crippen LogP contribution in [0.4, 0.5) is 0 Å². The minimum Gasteiger partial charge on any atom is -0.467 e. The average Bonchev–Trinajstić information content (AvgIpc) is 3.32. The zero-order valence-corrected chi connectivity index (χ0v) is 17.7. The molecule has 3 heterocycles. The minimum atomic E-state index is -0.193. The van der Waals surface area contributed by atoms with Crippen molar-refractivity contribution in [2.24, 2.45) is 11.3 Å². The molecule has 4 rings (SSSR count). The number of likely N-dealkylation sites (tertiary alicyclic amines) is 1. The second kappa shape index (κ2) is 7.78. The molecule has 160 valence electrons. The van der Waals surface area contributed by atoms with Crippen LogP contribution in [0.3, 0.4) is 0 Å². The standard InChI is InChI=1S/C23H28N2O5/c1-14-19-17(26)11-23(2,3)12-18(19)30-20(14)22(28)25-8-6-15(7-9-25)21(27)24-13-16-5-4-10-29-16/h4-5,10,15H,6-9,11-13H2,1-3H3,(H,24,27). The van der Waals surface area contributed by atoms with Gasteiger partial charge in [-0.1, -0.05) is 13.8 Å². The molecule has 2 aromatic heterocycles. The van der Waals surface area contributed by atoms with Crippen molar-refractivity contribution in [2.45, 2.75) is 53.0 Å². The van der Waals surface area contributed by atoms with Gasteiger partial charge in [-0.05, 0) is 37.3 Å². The molecule has 1 saturated heterocycles. The number of carbonyl (C=O) groups excluding carboxylic acids is 3. The third-order valence-electron chi connectivity index (χ3n) is 6.14. The molecule has 1 N–H and O–H groups in total. The smallest absolute Gasteiger partial charge is 0.289 e. The maximum absolute atomic E-state index is 13.1. The van der Waals surface area contributed by atoms with Gasteiger partial charge in [-0.2, -0.15) is 0 Å². The van der Waals surface area contributed by atoms with Crippen LogP contribution in [-0.2, 0) is 17.8 Å². The molecule has 0 spiro atoms. The molecule has 0 bridgehead atoms. The van der Waals surface area contributed by atoms with Crippen LogP contribution in [0.25, 0.3) is 0 Å². The summed E-state index contributed by atoms with van der Waals surface area (Å²) in [5.41, 5.74) is 1.08. The zero-order chi connectivity index (χ0) is 21.5. The number of nitrogens with one attached hydrogen (secondary N) is 1. The third-order valence-corrected chi connectivity index (χ3v) is 6.14. The lowest BCUT2D eigenvalue weighted by Gasteiger charge is -2.30. The number of fused-ring (bicyclic) bond motifs is 1. The van der Waals surface area contributed by atoms with Crippen LogP contribution in [0, 0.1) is 18.3 Å². The number of ketones is 1. The Hall–Kier alpha value is -2.83.